The third-order valence-electron chi connectivity index (χ3n) is 3.98. The molecule has 0 aromatic heterocycles. The summed E-state index contributed by atoms with van der Waals surface area (Å²) in [6, 6.07) is -0.825. The van der Waals surface area contributed by atoms with Crippen molar-refractivity contribution in [1.82, 2.24) is 5.32 Å². The number of unbranched alkanes of at least 4 members (excludes halogenated alkanes) is 4. The Balaban J connectivity index is 3.56. The largest absolute Gasteiger partial charge is 0.480 e. The third-order valence-corrected chi connectivity index (χ3v) is 3.98. The molecule has 4 nitrogen and oxygen atoms in total. The number of carboxylic acid groups (broad SMARTS) is 1. The molecule has 4 heteroatoms. The maximum Gasteiger partial charge on any atom is 0.325 e. The van der Waals surface area contributed by atoms with E-state index in [0.29, 0.717) is 6.42 Å². The summed E-state index contributed by atoms with van der Waals surface area (Å²) in [4.78, 5) is 22.1. The molecule has 0 saturated carbocycles. The van der Waals surface area contributed by atoms with E-state index < -0.39 is 12.0 Å². The van der Waals surface area contributed by atoms with Crippen LogP contribution in [0.5, 0.6) is 0 Å². The van der Waals surface area contributed by atoms with Gasteiger partial charge in [0.05, 0.1) is 0 Å². The number of nitrogens with one attached hydrogen (secondary N) is 1. The maximum atomic E-state index is 11.5. The minimum Gasteiger partial charge on any atom is -0.480 e. The third kappa shape index (κ3) is 18.5. The number of hydrogen-bond acceptors (Lipinski definition) is 2. The van der Waals surface area contributed by atoms with Gasteiger partial charge in [-0.3, -0.25) is 9.59 Å². The summed E-state index contributed by atoms with van der Waals surface area (Å²) in [5.74, 6) is -1.22. The van der Waals surface area contributed by atoms with Crippen LogP contribution in [0, 0.1) is 0 Å². The van der Waals surface area contributed by atoms with Gasteiger partial charge in [-0.1, -0.05) is 68.4 Å². The van der Waals surface area contributed by atoms with Crippen LogP contribution >= 0.6 is 0 Å². The monoisotopic (exact) mass is 375 g/mol. The summed E-state index contributed by atoms with van der Waals surface area (Å²) in [6.07, 6.45) is 27.2. The highest BCUT2D eigenvalue weighted by Gasteiger charge is 2.12. The highest BCUT2D eigenvalue weighted by molar-refractivity contribution is 5.83. The molecule has 0 bridgehead atoms. The Labute approximate surface area is 165 Å². The number of carbonyl (C=O) groups is 2. The maximum absolute atomic E-state index is 11.5. The van der Waals surface area contributed by atoms with Crippen molar-refractivity contribution in [3.05, 3.63) is 48.6 Å². The molecule has 0 aliphatic heterocycles. The number of carboxylic acids is 1. The van der Waals surface area contributed by atoms with E-state index in [2.05, 4.69) is 60.8 Å². The Bertz CT molecular complexity index is 504. The van der Waals surface area contributed by atoms with Gasteiger partial charge < -0.3 is 10.4 Å². The second-order valence-electron chi connectivity index (χ2n) is 6.61. The lowest BCUT2D eigenvalue weighted by molar-refractivity contribution is -0.141. The summed E-state index contributed by atoms with van der Waals surface area (Å²) >= 11 is 0. The van der Waals surface area contributed by atoms with E-state index in [1.807, 2.05) is 0 Å². The van der Waals surface area contributed by atoms with Crippen LogP contribution in [0.4, 0.5) is 0 Å². The predicted octanol–water partition coefficient (Wildman–Crippen LogP) is 5.72. The first-order valence-electron chi connectivity index (χ1n) is 10.2. The fourth-order valence-corrected chi connectivity index (χ4v) is 2.32. The molecule has 0 saturated heterocycles. The van der Waals surface area contributed by atoms with E-state index in [1.54, 1.807) is 0 Å². The highest BCUT2D eigenvalue weighted by atomic mass is 16.4. The molecule has 0 aliphatic carbocycles. The first-order chi connectivity index (χ1) is 13.1. The van der Waals surface area contributed by atoms with Crippen LogP contribution in [-0.4, -0.2) is 23.0 Å². The fraction of sp³-hybridized carbons (Fsp3) is 0.565. The normalized spacial score (nSPS) is 13.3. The van der Waals surface area contributed by atoms with Crippen molar-refractivity contribution >= 4 is 11.9 Å². The lowest BCUT2D eigenvalue weighted by Gasteiger charge is -2.08. The molecule has 0 rings (SSSR count). The average Bonchev–Trinajstić information content (AvgIpc) is 2.64. The average molecular weight is 376 g/mol. The van der Waals surface area contributed by atoms with Crippen LogP contribution in [0.25, 0.3) is 0 Å². The van der Waals surface area contributed by atoms with Gasteiger partial charge in [-0.05, 0) is 51.9 Å². The van der Waals surface area contributed by atoms with Gasteiger partial charge in [-0.2, -0.15) is 0 Å². The topological polar surface area (TPSA) is 66.4 Å². The van der Waals surface area contributed by atoms with Gasteiger partial charge in [0.1, 0.15) is 6.04 Å². The van der Waals surface area contributed by atoms with E-state index in [1.165, 1.54) is 32.6 Å². The van der Waals surface area contributed by atoms with Gasteiger partial charge in [-0.25, -0.2) is 0 Å². The lowest BCUT2D eigenvalue weighted by Crippen LogP contribution is -2.38. The van der Waals surface area contributed by atoms with E-state index in [0.717, 1.165) is 32.1 Å². The molecule has 0 heterocycles. The van der Waals surface area contributed by atoms with Gasteiger partial charge in [0.15, 0.2) is 0 Å². The Kier molecular flexibility index (Phi) is 17.2. The fourth-order valence-electron chi connectivity index (χ4n) is 2.32. The Morgan fingerprint density at radius 2 is 1.30 bits per heavy atom. The number of allylic oxidation sites excluding steroid dienone is 8. The Morgan fingerprint density at radius 3 is 1.78 bits per heavy atom. The van der Waals surface area contributed by atoms with Gasteiger partial charge in [0.2, 0.25) is 5.91 Å². The van der Waals surface area contributed by atoms with Crippen molar-refractivity contribution < 1.29 is 14.7 Å². The quantitative estimate of drug-likeness (QED) is 0.268. The molecule has 0 unspecified atom stereocenters. The summed E-state index contributed by atoms with van der Waals surface area (Å²) in [5.41, 5.74) is 0. The van der Waals surface area contributed by atoms with Gasteiger partial charge in [0, 0.05) is 6.42 Å². The number of rotatable bonds is 16. The second kappa shape index (κ2) is 18.7. The highest BCUT2D eigenvalue weighted by Crippen LogP contribution is 2.01. The van der Waals surface area contributed by atoms with Crippen molar-refractivity contribution in [3.8, 4) is 0 Å². The van der Waals surface area contributed by atoms with E-state index in [4.69, 9.17) is 5.11 Å². The zero-order valence-corrected chi connectivity index (χ0v) is 17.0. The SMILES string of the molecule is CCCCC/C=C/C/C=C/C/C=C\C/C=C\CCCC(=O)N[C@@H](C)C(=O)O. The van der Waals surface area contributed by atoms with Crippen LogP contribution in [0.1, 0.15) is 78.1 Å². The van der Waals surface area contributed by atoms with Crippen LogP contribution in [0.15, 0.2) is 48.6 Å². The smallest absolute Gasteiger partial charge is 0.325 e. The molecule has 0 spiro atoms. The van der Waals surface area contributed by atoms with Crippen LogP contribution in [0.2, 0.25) is 0 Å². The minimum atomic E-state index is -1.01. The van der Waals surface area contributed by atoms with Gasteiger partial charge >= 0.3 is 5.97 Å². The molecular formula is C23H37NO3. The van der Waals surface area contributed by atoms with Gasteiger partial charge in [0.25, 0.3) is 0 Å². The van der Waals surface area contributed by atoms with Crippen molar-refractivity contribution in [2.45, 2.75) is 84.1 Å². The summed E-state index contributed by atoms with van der Waals surface area (Å²) < 4.78 is 0. The lowest BCUT2D eigenvalue weighted by atomic mass is 10.2. The molecule has 0 aromatic carbocycles. The first kappa shape index (κ1) is 24.9. The number of aliphatic carboxylic acids is 1. The number of hydrogen-bond donors (Lipinski definition) is 2. The molecule has 152 valence electrons. The standard InChI is InChI=1S/C23H37NO3/c1-3-4-5-6-7-8-9-10-11-12-13-14-15-16-17-18-19-20-22(25)24-21(2)23(26)27/h7-8,10-11,13-14,16-17,21H,3-6,9,12,15,18-20H2,1-2H3,(H,24,25)(H,26,27)/b8-7+,11-10+,14-13-,17-16-/t21-/m0/s1. The van der Waals surface area contributed by atoms with Gasteiger partial charge in [-0.15, -0.1) is 0 Å². The predicted molar refractivity (Wildman–Crippen MR) is 114 cm³/mol. The molecular weight excluding hydrogens is 338 g/mol. The summed E-state index contributed by atoms with van der Waals surface area (Å²) in [7, 11) is 0. The Morgan fingerprint density at radius 1 is 0.815 bits per heavy atom. The molecule has 1 amide bonds. The molecule has 0 radical (unpaired) electrons. The minimum absolute atomic E-state index is 0.208. The van der Waals surface area contributed by atoms with Crippen LogP contribution in [0.3, 0.4) is 0 Å². The second-order valence-corrected chi connectivity index (χ2v) is 6.61. The molecule has 0 fully saturated rings. The Hall–Kier alpha value is -2.10. The summed E-state index contributed by atoms with van der Waals surface area (Å²) in [6.45, 7) is 3.69. The number of carbonyl (C=O) groups excluding carboxylic acids is 1. The summed E-state index contributed by atoms with van der Waals surface area (Å²) in [5, 5.41) is 11.2. The van der Waals surface area contributed by atoms with Crippen molar-refractivity contribution in [1.29, 1.82) is 0 Å². The molecule has 0 aliphatic rings. The molecule has 2 N–H and O–H groups in total. The van der Waals surface area contributed by atoms with E-state index in [-0.39, 0.29) is 5.91 Å². The molecule has 1 atom stereocenters. The molecule has 0 aromatic rings. The van der Waals surface area contributed by atoms with Crippen LogP contribution in [-0.2, 0) is 9.59 Å². The van der Waals surface area contributed by atoms with E-state index in [9.17, 15) is 9.59 Å². The number of amides is 1. The van der Waals surface area contributed by atoms with E-state index >= 15 is 0 Å². The van der Waals surface area contributed by atoms with Crippen LogP contribution < -0.4 is 5.32 Å². The van der Waals surface area contributed by atoms with Crippen molar-refractivity contribution in [3.63, 3.8) is 0 Å². The van der Waals surface area contributed by atoms with Crippen molar-refractivity contribution in [2.24, 2.45) is 0 Å². The zero-order chi connectivity index (χ0) is 20.2. The first-order valence-corrected chi connectivity index (χ1v) is 10.2. The van der Waals surface area contributed by atoms with Crippen molar-refractivity contribution in [2.75, 3.05) is 0 Å². The molecule has 27 heavy (non-hydrogen) atoms. The zero-order valence-electron chi connectivity index (χ0n) is 17.0.